The summed E-state index contributed by atoms with van der Waals surface area (Å²) in [6.07, 6.45) is 2.90. The van der Waals surface area contributed by atoms with Crippen molar-refractivity contribution in [1.82, 2.24) is 9.78 Å². The molecule has 0 saturated carbocycles. The van der Waals surface area contributed by atoms with Crippen molar-refractivity contribution >= 4 is 17.5 Å². The molecule has 1 amide bonds. The lowest BCUT2D eigenvalue weighted by Crippen LogP contribution is -2.22. The van der Waals surface area contributed by atoms with Gasteiger partial charge in [-0.1, -0.05) is 12.1 Å². The lowest BCUT2D eigenvalue weighted by Gasteiger charge is -2.12. The average Bonchev–Trinajstić information content (AvgIpc) is 3.00. The zero-order valence-electron chi connectivity index (χ0n) is 14.3. The first-order valence-electron chi connectivity index (χ1n) is 8.00. The molecule has 1 N–H and O–H groups in total. The van der Waals surface area contributed by atoms with Crippen molar-refractivity contribution in [3.8, 4) is 5.75 Å². The van der Waals surface area contributed by atoms with Crippen LogP contribution in [0.4, 0.5) is 5.82 Å². The number of hydrogen-bond donors (Lipinski definition) is 1. The third kappa shape index (κ3) is 5.22. The van der Waals surface area contributed by atoms with Gasteiger partial charge >= 0.3 is 0 Å². The van der Waals surface area contributed by atoms with E-state index in [1.54, 1.807) is 36.0 Å². The number of anilines is 1. The monoisotopic (exact) mass is 329 g/mol. The molecule has 0 atom stereocenters. The Balaban J connectivity index is 1.83. The highest BCUT2D eigenvalue weighted by molar-refractivity contribution is 5.91. The van der Waals surface area contributed by atoms with Crippen LogP contribution in [0.2, 0.25) is 0 Å². The largest absolute Gasteiger partial charge is 0.484 e. The zero-order valence-corrected chi connectivity index (χ0v) is 14.3. The van der Waals surface area contributed by atoms with Gasteiger partial charge in [-0.05, 0) is 44.9 Å². The maximum atomic E-state index is 12.0. The van der Waals surface area contributed by atoms with E-state index in [1.807, 2.05) is 26.0 Å². The van der Waals surface area contributed by atoms with Gasteiger partial charge in [0.05, 0.1) is 6.20 Å². The molecule has 0 bridgehead atoms. The summed E-state index contributed by atoms with van der Waals surface area (Å²) >= 11 is 0. The molecule has 1 heterocycles. The van der Waals surface area contributed by atoms with E-state index >= 15 is 0 Å². The Morgan fingerprint density at radius 2 is 1.92 bits per heavy atom. The minimum Gasteiger partial charge on any atom is -0.484 e. The molecule has 0 saturated heterocycles. The molecule has 0 aliphatic carbocycles. The number of Topliss-reactive ketones (excluding diaryl/α,β-unsaturated/α-hetero) is 1. The maximum Gasteiger partial charge on any atom is 0.263 e. The number of amides is 1. The van der Waals surface area contributed by atoms with Crippen molar-refractivity contribution in [1.29, 1.82) is 0 Å². The van der Waals surface area contributed by atoms with Gasteiger partial charge in [-0.3, -0.25) is 4.79 Å². The Labute approximate surface area is 141 Å². The van der Waals surface area contributed by atoms with Crippen LogP contribution in [0.15, 0.2) is 36.5 Å². The molecular formula is C18H23N3O3. The number of aromatic nitrogens is 2. The van der Waals surface area contributed by atoms with E-state index < -0.39 is 0 Å². The second kappa shape index (κ2) is 8.29. The van der Waals surface area contributed by atoms with Gasteiger partial charge in [0.25, 0.3) is 5.91 Å². The number of aryl methyl sites for hydroxylation is 1. The maximum absolute atomic E-state index is 12.0. The third-order valence-electron chi connectivity index (χ3n) is 3.49. The predicted octanol–water partition coefficient (Wildman–Crippen LogP) is 3.00. The summed E-state index contributed by atoms with van der Waals surface area (Å²) < 4.78 is 7.23. The van der Waals surface area contributed by atoms with Gasteiger partial charge in [0.2, 0.25) is 0 Å². The summed E-state index contributed by atoms with van der Waals surface area (Å²) in [5.41, 5.74) is 1.07. The quantitative estimate of drug-likeness (QED) is 0.808. The van der Waals surface area contributed by atoms with Crippen LogP contribution in [0, 0.1) is 0 Å². The fraction of sp³-hybridized carbons (Fsp3) is 0.389. The molecule has 24 heavy (non-hydrogen) atoms. The molecule has 2 aromatic rings. The van der Waals surface area contributed by atoms with Crippen LogP contribution in [-0.2, 0) is 16.0 Å². The van der Waals surface area contributed by atoms with Gasteiger partial charge in [0.15, 0.2) is 6.61 Å². The summed E-state index contributed by atoms with van der Waals surface area (Å²) in [4.78, 5) is 23.0. The van der Waals surface area contributed by atoms with Crippen LogP contribution < -0.4 is 10.1 Å². The van der Waals surface area contributed by atoms with Gasteiger partial charge in [0, 0.05) is 18.5 Å². The van der Waals surface area contributed by atoms with Crippen LogP contribution in [0.3, 0.4) is 0 Å². The SMILES string of the molecule is CC(=O)CCc1ccc(OCC(=O)Nc2ccnn2C(C)C)cc1. The number of hydrogen-bond acceptors (Lipinski definition) is 4. The normalized spacial score (nSPS) is 10.7. The fourth-order valence-electron chi connectivity index (χ4n) is 2.23. The van der Waals surface area contributed by atoms with E-state index in [0.29, 0.717) is 18.0 Å². The molecule has 0 radical (unpaired) electrons. The molecule has 128 valence electrons. The zero-order chi connectivity index (χ0) is 17.5. The van der Waals surface area contributed by atoms with Gasteiger partial charge in [0.1, 0.15) is 17.4 Å². The second-order valence-electron chi connectivity index (χ2n) is 5.94. The van der Waals surface area contributed by atoms with Crippen molar-refractivity contribution < 1.29 is 14.3 Å². The van der Waals surface area contributed by atoms with Gasteiger partial charge in [-0.15, -0.1) is 0 Å². The van der Waals surface area contributed by atoms with E-state index in [-0.39, 0.29) is 24.3 Å². The highest BCUT2D eigenvalue weighted by atomic mass is 16.5. The average molecular weight is 329 g/mol. The van der Waals surface area contributed by atoms with Gasteiger partial charge in [-0.2, -0.15) is 5.10 Å². The molecule has 6 nitrogen and oxygen atoms in total. The number of nitrogens with zero attached hydrogens (tertiary/aromatic N) is 2. The summed E-state index contributed by atoms with van der Waals surface area (Å²) in [6, 6.07) is 9.34. The van der Waals surface area contributed by atoms with E-state index in [9.17, 15) is 9.59 Å². The fourth-order valence-corrected chi connectivity index (χ4v) is 2.23. The van der Waals surface area contributed by atoms with E-state index in [1.165, 1.54) is 0 Å². The van der Waals surface area contributed by atoms with E-state index in [4.69, 9.17) is 4.74 Å². The molecule has 2 rings (SSSR count). The molecule has 0 spiro atoms. The van der Waals surface area contributed by atoms with E-state index in [0.717, 1.165) is 12.0 Å². The predicted molar refractivity (Wildman–Crippen MR) is 92.2 cm³/mol. The highest BCUT2D eigenvalue weighted by Gasteiger charge is 2.10. The standard InChI is InChI=1S/C18H23N3O3/c1-13(2)21-17(10-11-19-21)20-18(23)12-24-16-8-6-15(7-9-16)5-4-14(3)22/h6-11,13H,4-5,12H2,1-3H3,(H,20,23). The molecular weight excluding hydrogens is 306 g/mol. The second-order valence-corrected chi connectivity index (χ2v) is 5.94. The molecule has 0 fully saturated rings. The first kappa shape index (κ1) is 17.7. The van der Waals surface area contributed by atoms with Crippen molar-refractivity contribution in [3.05, 3.63) is 42.1 Å². The number of benzene rings is 1. The first-order chi connectivity index (χ1) is 11.5. The number of ether oxygens (including phenoxy) is 1. The lowest BCUT2D eigenvalue weighted by atomic mass is 10.1. The molecule has 0 aliphatic heterocycles. The third-order valence-corrected chi connectivity index (χ3v) is 3.49. The van der Waals surface area contributed by atoms with Gasteiger partial charge < -0.3 is 14.8 Å². The summed E-state index contributed by atoms with van der Waals surface area (Å²) in [5, 5.41) is 6.95. The Kier molecular flexibility index (Phi) is 6.12. The van der Waals surface area contributed by atoms with Gasteiger partial charge in [-0.25, -0.2) is 4.68 Å². The van der Waals surface area contributed by atoms with Crippen LogP contribution in [0.1, 0.15) is 38.8 Å². The topological polar surface area (TPSA) is 73.2 Å². The number of ketones is 1. The number of nitrogens with one attached hydrogen (secondary N) is 1. The van der Waals surface area contributed by atoms with Crippen molar-refractivity contribution in [2.45, 2.75) is 39.7 Å². The van der Waals surface area contributed by atoms with E-state index in [2.05, 4.69) is 10.4 Å². The van der Waals surface area contributed by atoms with Crippen molar-refractivity contribution in [2.24, 2.45) is 0 Å². The molecule has 0 unspecified atom stereocenters. The van der Waals surface area contributed by atoms with Crippen LogP contribution in [0.5, 0.6) is 5.75 Å². The molecule has 1 aromatic heterocycles. The molecule has 6 heteroatoms. The van der Waals surface area contributed by atoms with Crippen molar-refractivity contribution in [3.63, 3.8) is 0 Å². The van der Waals surface area contributed by atoms with Crippen molar-refractivity contribution in [2.75, 3.05) is 11.9 Å². The minimum absolute atomic E-state index is 0.0733. The molecule has 1 aromatic carbocycles. The Hall–Kier alpha value is -2.63. The Morgan fingerprint density at radius 3 is 2.54 bits per heavy atom. The van der Waals surface area contributed by atoms with Crippen LogP contribution in [-0.4, -0.2) is 28.1 Å². The first-order valence-corrected chi connectivity index (χ1v) is 8.00. The highest BCUT2D eigenvalue weighted by Crippen LogP contribution is 2.15. The summed E-state index contributed by atoms with van der Waals surface area (Å²) in [6.45, 7) is 5.50. The lowest BCUT2D eigenvalue weighted by molar-refractivity contribution is -0.118. The minimum atomic E-state index is -0.238. The smallest absolute Gasteiger partial charge is 0.263 e. The van der Waals surface area contributed by atoms with Crippen LogP contribution in [0.25, 0.3) is 0 Å². The van der Waals surface area contributed by atoms with Crippen LogP contribution >= 0.6 is 0 Å². The summed E-state index contributed by atoms with van der Waals surface area (Å²) in [7, 11) is 0. The summed E-state index contributed by atoms with van der Waals surface area (Å²) in [5.74, 6) is 1.21. The number of carbonyl (C=O) groups excluding carboxylic acids is 2. The molecule has 0 aliphatic rings. The Bertz CT molecular complexity index is 690. The Morgan fingerprint density at radius 1 is 1.21 bits per heavy atom. The number of carbonyl (C=O) groups is 2. The number of rotatable bonds is 8.